The first kappa shape index (κ1) is 29.3. The first-order valence-corrected chi connectivity index (χ1v) is 10.9. The van der Waals surface area contributed by atoms with Crippen molar-refractivity contribution in [2.45, 2.75) is 65.8 Å². The van der Waals surface area contributed by atoms with E-state index in [2.05, 4.69) is 24.5 Å². The van der Waals surface area contributed by atoms with Gasteiger partial charge in [-0.1, -0.05) is 57.0 Å². The third-order valence-corrected chi connectivity index (χ3v) is 4.97. The van der Waals surface area contributed by atoms with Gasteiger partial charge in [-0.25, -0.2) is 0 Å². The number of aliphatic hydroxyl groups is 1. The predicted octanol–water partition coefficient (Wildman–Crippen LogP) is 2.33. The molecule has 180 valence electrons. The minimum Gasteiger partial charge on any atom is -0.481 e. The molecule has 0 aliphatic carbocycles. The zero-order valence-electron chi connectivity index (χ0n) is 19.8. The number of Topliss-reactive ketones (excluding diaryl/α,β-unsaturated/α-hetero) is 1. The molecule has 0 bridgehead atoms. The topological polar surface area (TPSA) is 133 Å². The molecular formula is C24H38N2O6. The molecule has 0 saturated heterocycles. The Bertz CT molecular complexity index is 731. The second-order valence-electron chi connectivity index (χ2n) is 8.52. The van der Waals surface area contributed by atoms with E-state index >= 15 is 0 Å². The van der Waals surface area contributed by atoms with Crippen LogP contribution in [-0.2, 0) is 25.6 Å². The number of carbonyl (C=O) groups excluding carboxylic acids is 3. The van der Waals surface area contributed by atoms with Gasteiger partial charge in [0.2, 0.25) is 11.8 Å². The minimum absolute atomic E-state index is 0.172. The molecular weight excluding hydrogens is 412 g/mol. The van der Waals surface area contributed by atoms with Gasteiger partial charge in [-0.3, -0.25) is 19.2 Å². The number of unbranched alkanes of at least 4 members (excludes halogenated alkanes) is 1. The minimum atomic E-state index is -1.65. The number of carboxylic acids is 1. The quantitative estimate of drug-likeness (QED) is 0.269. The highest BCUT2D eigenvalue weighted by molar-refractivity contribution is 6.06. The number of ketones is 1. The molecule has 0 aliphatic heterocycles. The van der Waals surface area contributed by atoms with Crippen molar-refractivity contribution in [1.82, 2.24) is 10.6 Å². The normalized spacial score (nSPS) is 11.7. The van der Waals surface area contributed by atoms with Crippen LogP contribution in [0.25, 0.3) is 0 Å². The number of hydrogen-bond donors (Lipinski definition) is 4. The standard InChI is InChI=1S/C23H34N2O5.CH4O/c1-16(2)10-8-9-13-19(26)24-15-20(27)25-18(14-17-11-6-5-7-12-17)21(28)23(3,4)22(29)30;1-2/h5-7,11-12,16,18H,8-10,13-15H2,1-4H3,(H,24,26)(H,25,27)(H,29,30);2H,1H3. The lowest BCUT2D eigenvalue weighted by Gasteiger charge is -2.25. The molecule has 1 atom stereocenters. The first-order valence-electron chi connectivity index (χ1n) is 10.9. The molecule has 32 heavy (non-hydrogen) atoms. The summed E-state index contributed by atoms with van der Waals surface area (Å²) in [5, 5.41) is 21.5. The third kappa shape index (κ3) is 11.0. The molecule has 1 rings (SSSR count). The Morgan fingerprint density at radius 3 is 2.09 bits per heavy atom. The Morgan fingerprint density at radius 1 is 0.969 bits per heavy atom. The van der Waals surface area contributed by atoms with Crippen LogP contribution in [0.4, 0.5) is 0 Å². The zero-order chi connectivity index (χ0) is 24.7. The van der Waals surface area contributed by atoms with Crippen LogP contribution in [0, 0.1) is 11.3 Å². The highest BCUT2D eigenvalue weighted by Crippen LogP contribution is 2.21. The van der Waals surface area contributed by atoms with Crippen molar-refractivity contribution in [2.75, 3.05) is 13.7 Å². The van der Waals surface area contributed by atoms with E-state index in [0.29, 0.717) is 12.3 Å². The molecule has 0 radical (unpaired) electrons. The lowest BCUT2D eigenvalue weighted by molar-refractivity contribution is -0.154. The van der Waals surface area contributed by atoms with E-state index < -0.39 is 29.1 Å². The number of benzene rings is 1. The summed E-state index contributed by atoms with van der Waals surface area (Å²) < 4.78 is 0. The van der Waals surface area contributed by atoms with Gasteiger partial charge >= 0.3 is 5.97 Å². The van der Waals surface area contributed by atoms with E-state index in [1.165, 1.54) is 13.8 Å². The highest BCUT2D eigenvalue weighted by Gasteiger charge is 2.40. The van der Waals surface area contributed by atoms with Gasteiger partial charge in [-0.15, -0.1) is 0 Å². The van der Waals surface area contributed by atoms with Crippen LogP contribution < -0.4 is 10.6 Å². The van der Waals surface area contributed by atoms with Crippen LogP contribution in [0.2, 0.25) is 0 Å². The lowest BCUT2D eigenvalue weighted by Crippen LogP contribution is -2.52. The molecule has 1 unspecified atom stereocenters. The summed E-state index contributed by atoms with van der Waals surface area (Å²) in [6.07, 6.45) is 3.28. The molecule has 8 heteroatoms. The molecule has 0 aromatic heterocycles. The van der Waals surface area contributed by atoms with Gasteiger partial charge in [0, 0.05) is 13.5 Å². The summed E-state index contributed by atoms with van der Waals surface area (Å²) in [5.41, 5.74) is -0.849. The van der Waals surface area contributed by atoms with E-state index in [4.69, 9.17) is 5.11 Å². The summed E-state index contributed by atoms with van der Waals surface area (Å²) >= 11 is 0. The van der Waals surface area contributed by atoms with Crippen molar-refractivity contribution >= 4 is 23.6 Å². The smallest absolute Gasteiger partial charge is 0.316 e. The number of carbonyl (C=O) groups is 4. The van der Waals surface area contributed by atoms with Gasteiger partial charge in [0.1, 0.15) is 5.41 Å². The summed E-state index contributed by atoms with van der Waals surface area (Å²) in [7, 11) is 1.00. The van der Waals surface area contributed by atoms with Crippen LogP contribution in [0.3, 0.4) is 0 Å². The number of nitrogens with one attached hydrogen (secondary N) is 2. The highest BCUT2D eigenvalue weighted by atomic mass is 16.4. The maximum absolute atomic E-state index is 12.8. The zero-order valence-corrected chi connectivity index (χ0v) is 19.8. The fraction of sp³-hybridized carbons (Fsp3) is 0.583. The Balaban J connectivity index is 0.00000466. The van der Waals surface area contributed by atoms with E-state index in [-0.39, 0.29) is 18.9 Å². The molecule has 0 aliphatic rings. The largest absolute Gasteiger partial charge is 0.481 e. The van der Waals surface area contributed by atoms with E-state index in [9.17, 15) is 24.3 Å². The number of amides is 2. The summed E-state index contributed by atoms with van der Waals surface area (Å²) in [5.74, 6) is -2.00. The number of aliphatic hydroxyl groups excluding tert-OH is 1. The molecule has 4 N–H and O–H groups in total. The van der Waals surface area contributed by atoms with E-state index in [1.54, 1.807) is 24.3 Å². The van der Waals surface area contributed by atoms with Gasteiger partial charge in [0.25, 0.3) is 0 Å². The maximum Gasteiger partial charge on any atom is 0.316 e. The Morgan fingerprint density at radius 2 is 1.56 bits per heavy atom. The Kier molecular flexibility index (Phi) is 13.8. The van der Waals surface area contributed by atoms with Crippen LogP contribution >= 0.6 is 0 Å². The summed E-state index contributed by atoms with van der Waals surface area (Å²) in [4.78, 5) is 48.6. The molecule has 2 amide bonds. The van der Waals surface area contributed by atoms with Crippen molar-refractivity contribution in [1.29, 1.82) is 0 Å². The fourth-order valence-electron chi connectivity index (χ4n) is 2.95. The van der Waals surface area contributed by atoms with Crippen LogP contribution in [0.15, 0.2) is 30.3 Å². The number of rotatable bonds is 13. The van der Waals surface area contributed by atoms with Gasteiger partial charge in [0.05, 0.1) is 12.6 Å². The Hall–Kier alpha value is -2.74. The average molecular weight is 451 g/mol. The molecule has 0 heterocycles. The summed E-state index contributed by atoms with van der Waals surface area (Å²) in [6.45, 7) is 6.64. The first-order chi connectivity index (χ1) is 15.0. The number of aliphatic carboxylic acids is 1. The molecule has 0 saturated carbocycles. The van der Waals surface area contributed by atoms with Gasteiger partial charge in [-0.2, -0.15) is 0 Å². The van der Waals surface area contributed by atoms with Crippen LogP contribution in [0.1, 0.15) is 58.9 Å². The van der Waals surface area contributed by atoms with Crippen molar-refractivity contribution < 1.29 is 29.4 Å². The van der Waals surface area contributed by atoms with Crippen molar-refractivity contribution in [3.8, 4) is 0 Å². The third-order valence-electron chi connectivity index (χ3n) is 4.97. The second kappa shape index (κ2) is 15.1. The fourth-order valence-corrected chi connectivity index (χ4v) is 2.95. The van der Waals surface area contributed by atoms with Gasteiger partial charge < -0.3 is 20.8 Å². The van der Waals surface area contributed by atoms with Crippen molar-refractivity contribution in [2.24, 2.45) is 11.3 Å². The molecule has 0 spiro atoms. The summed E-state index contributed by atoms with van der Waals surface area (Å²) in [6, 6.07) is 8.05. The van der Waals surface area contributed by atoms with Crippen LogP contribution in [0.5, 0.6) is 0 Å². The SMILES string of the molecule is CC(C)CCCCC(=O)NCC(=O)NC(Cc1ccccc1)C(=O)C(C)(C)C(=O)O.CO. The lowest BCUT2D eigenvalue weighted by atomic mass is 9.82. The maximum atomic E-state index is 12.8. The second-order valence-corrected chi connectivity index (χ2v) is 8.52. The van der Waals surface area contributed by atoms with Crippen molar-refractivity contribution in [3.05, 3.63) is 35.9 Å². The monoisotopic (exact) mass is 450 g/mol. The predicted molar refractivity (Wildman–Crippen MR) is 123 cm³/mol. The Labute approximate surface area is 190 Å². The molecule has 1 aromatic rings. The number of carboxylic acid groups (broad SMARTS) is 1. The molecule has 1 aromatic carbocycles. The van der Waals surface area contributed by atoms with E-state index in [0.717, 1.165) is 31.9 Å². The van der Waals surface area contributed by atoms with Crippen LogP contribution in [-0.4, -0.2) is 53.5 Å². The van der Waals surface area contributed by atoms with Gasteiger partial charge in [-0.05, 0) is 38.2 Å². The van der Waals surface area contributed by atoms with E-state index in [1.807, 2.05) is 6.07 Å². The molecule has 8 nitrogen and oxygen atoms in total. The average Bonchev–Trinajstić information content (AvgIpc) is 2.76. The number of hydrogen-bond acceptors (Lipinski definition) is 5. The van der Waals surface area contributed by atoms with Crippen molar-refractivity contribution in [3.63, 3.8) is 0 Å². The molecule has 0 fully saturated rings. The van der Waals surface area contributed by atoms with Gasteiger partial charge in [0.15, 0.2) is 5.78 Å².